The number of methoxy groups -OCH3 is 2. The molecule has 1 fully saturated rings. The third-order valence-electron chi connectivity index (χ3n) is 5.07. The highest BCUT2D eigenvalue weighted by Crippen LogP contribution is 2.28. The minimum atomic E-state index is -0.270. The average Bonchev–Trinajstić information content (AvgIpc) is 2.73. The topological polar surface area (TPSA) is 48.0 Å². The largest absolute Gasteiger partial charge is 0.493 e. The summed E-state index contributed by atoms with van der Waals surface area (Å²) in [6, 6.07) is 11.6. The number of amides is 1. The fourth-order valence-corrected chi connectivity index (χ4v) is 3.37. The van der Waals surface area contributed by atoms with Crippen LogP contribution in [0.2, 0.25) is 0 Å². The Kier molecular flexibility index (Phi) is 6.74. The van der Waals surface area contributed by atoms with Crippen molar-refractivity contribution >= 4 is 5.91 Å². The highest BCUT2D eigenvalue weighted by molar-refractivity contribution is 5.79. The van der Waals surface area contributed by atoms with Crippen molar-refractivity contribution in [3.8, 4) is 17.2 Å². The minimum Gasteiger partial charge on any atom is -0.493 e. The molecular weight excluding hydrogens is 361 g/mol. The van der Waals surface area contributed by atoms with Crippen molar-refractivity contribution in [1.82, 2.24) is 4.90 Å². The van der Waals surface area contributed by atoms with E-state index in [-0.39, 0.29) is 11.7 Å². The molecule has 28 heavy (non-hydrogen) atoms. The van der Waals surface area contributed by atoms with Gasteiger partial charge in [0.05, 0.1) is 27.2 Å². The Morgan fingerprint density at radius 2 is 1.71 bits per heavy atom. The quantitative estimate of drug-likeness (QED) is 0.727. The first-order valence-electron chi connectivity index (χ1n) is 9.46. The second-order valence-corrected chi connectivity index (χ2v) is 6.96. The van der Waals surface area contributed by atoms with Crippen molar-refractivity contribution < 1.29 is 23.4 Å². The SMILES string of the molecule is COc1ccc(CC(=O)N2CCC(COc3ccc(F)cc3)CC2)cc1OC. The van der Waals surface area contributed by atoms with Crippen molar-refractivity contribution in [2.24, 2.45) is 5.92 Å². The third kappa shape index (κ3) is 5.15. The summed E-state index contributed by atoms with van der Waals surface area (Å²) in [4.78, 5) is 14.5. The van der Waals surface area contributed by atoms with Gasteiger partial charge in [-0.25, -0.2) is 4.39 Å². The zero-order valence-corrected chi connectivity index (χ0v) is 16.3. The number of carbonyl (C=O) groups excluding carboxylic acids is 1. The summed E-state index contributed by atoms with van der Waals surface area (Å²) in [6.07, 6.45) is 2.15. The predicted molar refractivity (Wildman–Crippen MR) is 104 cm³/mol. The zero-order valence-electron chi connectivity index (χ0n) is 16.3. The van der Waals surface area contributed by atoms with Gasteiger partial charge in [0.25, 0.3) is 0 Å². The summed E-state index contributed by atoms with van der Waals surface area (Å²) in [6.45, 7) is 2.04. The van der Waals surface area contributed by atoms with Gasteiger partial charge in [-0.15, -0.1) is 0 Å². The van der Waals surface area contributed by atoms with E-state index in [4.69, 9.17) is 14.2 Å². The summed E-state index contributed by atoms with van der Waals surface area (Å²) in [5.74, 6) is 2.20. The Balaban J connectivity index is 1.46. The second-order valence-electron chi connectivity index (χ2n) is 6.96. The first kappa shape index (κ1) is 20.0. The van der Waals surface area contributed by atoms with Gasteiger partial charge in [-0.2, -0.15) is 0 Å². The molecule has 0 aliphatic carbocycles. The Morgan fingerprint density at radius 3 is 2.36 bits per heavy atom. The number of benzene rings is 2. The number of likely N-dealkylation sites (tertiary alicyclic amines) is 1. The van der Waals surface area contributed by atoms with Gasteiger partial charge in [0.2, 0.25) is 5.91 Å². The van der Waals surface area contributed by atoms with Crippen LogP contribution in [-0.4, -0.2) is 44.7 Å². The molecule has 0 atom stereocenters. The summed E-state index contributed by atoms with van der Waals surface area (Å²) in [5.41, 5.74) is 0.907. The normalized spacial score (nSPS) is 14.6. The molecular formula is C22H26FNO4. The van der Waals surface area contributed by atoms with Crippen LogP contribution < -0.4 is 14.2 Å². The van der Waals surface area contributed by atoms with E-state index in [1.807, 2.05) is 23.1 Å². The van der Waals surface area contributed by atoms with Crippen molar-refractivity contribution in [1.29, 1.82) is 0 Å². The van der Waals surface area contributed by atoms with E-state index in [2.05, 4.69) is 0 Å². The summed E-state index contributed by atoms with van der Waals surface area (Å²) in [7, 11) is 3.18. The number of halogens is 1. The maximum Gasteiger partial charge on any atom is 0.226 e. The average molecular weight is 387 g/mol. The van der Waals surface area contributed by atoms with Gasteiger partial charge in [0, 0.05) is 13.1 Å². The van der Waals surface area contributed by atoms with Crippen molar-refractivity contribution in [3.05, 3.63) is 53.8 Å². The summed E-state index contributed by atoms with van der Waals surface area (Å²) >= 11 is 0. The molecule has 0 aromatic heterocycles. The van der Waals surface area contributed by atoms with Gasteiger partial charge in [0.1, 0.15) is 11.6 Å². The van der Waals surface area contributed by atoms with Gasteiger partial charge in [-0.05, 0) is 60.7 Å². The lowest BCUT2D eigenvalue weighted by molar-refractivity contribution is -0.132. The van der Waals surface area contributed by atoms with E-state index in [0.717, 1.165) is 31.5 Å². The maximum absolute atomic E-state index is 12.9. The molecule has 0 spiro atoms. The van der Waals surface area contributed by atoms with Gasteiger partial charge in [-0.3, -0.25) is 4.79 Å². The maximum atomic E-state index is 12.9. The smallest absolute Gasteiger partial charge is 0.226 e. The third-order valence-corrected chi connectivity index (χ3v) is 5.07. The fourth-order valence-electron chi connectivity index (χ4n) is 3.37. The molecule has 0 unspecified atom stereocenters. The molecule has 1 aliphatic rings. The molecule has 3 rings (SSSR count). The molecule has 150 valence electrons. The molecule has 5 nitrogen and oxygen atoms in total. The van der Waals surface area contributed by atoms with E-state index in [0.29, 0.717) is 36.2 Å². The number of carbonyl (C=O) groups is 1. The molecule has 1 saturated heterocycles. The molecule has 6 heteroatoms. The van der Waals surface area contributed by atoms with Crippen LogP contribution in [0.4, 0.5) is 4.39 Å². The van der Waals surface area contributed by atoms with Crippen LogP contribution in [0.3, 0.4) is 0 Å². The van der Waals surface area contributed by atoms with E-state index < -0.39 is 0 Å². The van der Waals surface area contributed by atoms with Gasteiger partial charge < -0.3 is 19.1 Å². The van der Waals surface area contributed by atoms with Crippen LogP contribution in [0.1, 0.15) is 18.4 Å². The first-order valence-corrected chi connectivity index (χ1v) is 9.46. The van der Waals surface area contributed by atoms with E-state index in [1.54, 1.807) is 26.4 Å². The van der Waals surface area contributed by atoms with E-state index in [1.165, 1.54) is 12.1 Å². The predicted octanol–water partition coefficient (Wildman–Crippen LogP) is 3.70. The molecule has 2 aromatic rings. The number of hydrogen-bond acceptors (Lipinski definition) is 4. The zero-order chi connectivity index (χ0) is 19.9. The monoisotopic (exact) mass is 387 g/mol. The van der Waals surface area contributed by atoms with Crippen molar-refractivity contribution in [3.63, 3.8) is 0 Å². The number of nitrogens with zero attached hydrogens (tertiary/aromatic N) is 1. The highest BCUT2D eigenvalue weighted by atomic mass is 19.1. The van der Waals surface area contributed by atoms with Gasteiger partial charge in [-0.1, -0.05) is 6.07 Å². The molecule has 2 aromatic carbocycles. The number of ether oxygens (including phenoxy) is 3. The van der Waals surface area contributed by atoms with E-state index in [9.17, 15) is 9.18 Å². The molecule has 1 amide bonds. The number of piperidine rings is 1. The van der Waals surface area contributed by atoms with Crippen LogP contribution in [-0.2, 0) is 11.2 Å². The van der Waals surface area contributed by atoms with Crippen LogP contribution in [0.15, 0.2) is 42.5 Å². The van der Waals surface area contributed by atoms with E-state index >= 15 is 0 Å². The summed E-state index contributed by atoms with van der Waals surface area (Å²) < 4.78 is 29.2. The Bertz CT molecular complexity index is 786. The minimum absolute atomic E-state index is 0.116. The van der Waals surface area contributed by atoms with Gasteiger partial charge in [0.15, 0.2) is 11.5 Å². The lowest BCUT2D eigenvalue weighted by atomic mass is 9.97. The Labute approximate surface area is 165 Å². The standard InChI is InChI=1S/C22H26FNO4/c1-26-20-8-3-17(13-21(20)27-2)14-22(25)24-11-9-16(10-12-24)15-28-19-6-4-18(23)5-7-19/h3-8,13,16H,9-12,14-15H2,1-2H3. The Morgan fingerprint density at radius 1 is 1.04 bits per heavy atom. The molecule has 1 aliphatic heterocycles. The van der Waals surface area contributed by atoms with Crippen LogP contribution >= 0.6 is 0 Å². The van der Waals surface area contributed by atoms with Crippen LogP contribution in [0, 0.1) is 11.7 Å². The number of rotatable bonds is 7. The van der Waals surface area contributed by atoms with Crippen LogP contribution in [0.25, 0.3) is 0 Å². The second kappa shape index (κ2) is 9.44. The molecule has 0 saturated carbocycles. The fraction of sp³-hybridized carbons (Fsp3) is 0.409. The van der Waals surface area contributed by atoms with Gasteiger partial charge >= 0.3 is 0 Å². The lowest BCUT2D eigenvalue weighted by Crippen LogP contribution is -2.40. The Hall–Kier alpha value is -2.76. The molecule has 0 radical (unpaired) electrons. The van der Waals surface area contributed by atoms with Crippen molar-refractivity contribution in [2.75, 3.05) is 33.9 Å². The molecule has 1 heterocycles. The molecule has 0 bridgehead atoms. The lowest BCUT2D eigenvalue weighted by Gasteiger charge is -2.32. The summed E-state index contributed by atoms with van der Waals surface area (Å²) in [5, 5.41) is 0. The first-order chi connectivity index (χ1) is 13.6. The van der Waals surface area contributed by atoms with Crippen LogP contribution in [0.5, 0.6) is 17.2 Å². The number of hydrogen-bond donors (Lipinski definition) is 0. The highest BCUT2D eigenvalue weighted by Gasteiger charge is 2.23. The molecule has 0 N–H and O–H groups in total. The van der Waals surface area contributed by atoms with Crippen molar-refractivity contribution in [2.45, 2.75) is 19.3 Å².